The monoisotopic (exact) mass is 373 g/mol. The van der Waals surface area contributed by atoms with Gasteiger partial charge in [-0.1, -0.05) is 27.7 Å². The summed E-state index contributed by atoms with van der Waals surface area (Å²) in [4.78, 5) is 8.56. The number of hydrogen-bond donors (Lipinski definition) is 1. The third kappa shape index (κ3) is 3.43. The van der Waals surface area contributed by atoms with Gasteiger partial charge in [-0.15, -0.1) is 0 Å². The van der Waals surface area contributed by atoms with Gasteiger partial charge < -0.3 is 5.32 Å². The Balaban J connectivity index is 2.25. The quantitative estimate of drug-likeness (QED) is 0.635. The maximum Gasteiger partial charge on any atom is 0.189 e. The molecule has 1 aromatic carbocycles. The molecule has 0 amide bonds. The lowest BCUT2D eigenvalue weighted by Crippen LogP contribution is -1.97. The predicted molar refractivity (Wildman–Crippen MR) is 78.9 cm³/mol. The molecule has 2 aromatic rings. The van der Waals surface area contributed by atoms with E-state index in [1.165, 1.54) is 11.8 Å². The standard InChI is InChI=1S/C11H9Br2N3S/c1-17-11-14-6-9(13)10(16-11)15-8-4-2-7(12)3-5-8/h2-6H,1H3,(H,14,15,16). The average Bonchev–Trinajstić information content (AvgIpc) is 2.35. The van der Waals surface area contributed by atoms with Crippen LogP contribution in [0.15, 0.2) is 44.6 Å². The molecule has 1 N–H and O–H groups in total. The number of nitrogens with one attached hydrogen (secondary N) is 1. The fourth-order valence-corrected chi connectivity index (χ4v) is 2.10. The number of hydrogen-bond acceptors (Lipinski definition) is 4. The second kappa shape index (κ2) is 5.84. The summed E-state index contributed by atoms with van der Waals surface area (Å²) in [7, 11) is 0. The van der Waals surface area contributed by atoms with Crippen LogP contribution in [0, 0.1) is 0 Å². The fourth-order valence-electron chi connectivity index (χ4n) is 1.21. The summed E-state index contributed by atoms with van der Waals surface area (Å²) in [5, 5.41) is 3.99. The van der Waals surface area contributed by atoms with Gasteiger partial charge in [0, 0.05) is 16.4 Å². The van der Waals surface area contributed by atoms with E-state index >= 15 is 0 Å². The van der Waals surface area contributed by atoms with E-state index < -0.39 is 0 Å². The molecule has 0 spiro atoms. The Morgan fingerprint density at radius 2 is 1.88 bits per heavy atom. The van der Waals surface area contributed by atoms with Gasteiger partial charge >= 0.3 is 0 Å². The van der Waals surface area contributed by atoms with E-state index in [-0.39, 0.29) is 0 Å². The first-order chi connectivity index (χ1) is 8.19. The highest BCUT2D eigenvalue weighted by atomic mass is 79.9. The predicted octanol–water partition coefficient (Wildman–Crippen LogP) is 4.47. The third-order valence-corrected chi connectivity index (χ3v) is 3.68. The summed E-state index contributed by atoms with van der Waals surface area (Å²) < 4.78 is 1.90. The molecular formula is C11H9Br2N3S. The second-order valence-electron chi connectivity index (χ2n) is 3.19. The molecule has 88 valence electrons. The summed E-state index contributed by atoms with van der Waals surface area (Å²) in [5.74, 6) is 0.770. The van der Waals surface area contributed by atoms with Gasteiger partial charge in [0.2, 0.25) is 0 Å². The molecule has 0 aliphatic heterocycles. The Hall–Kier alpha value is -0.590. The normalized spacial score (nSPS) is 10.3. The SMILES string of the molecule is CSc1ncc(Br)c(Nc2ccc(Br)cc2)n1. The van der Waals surface area contributed by atoms with E-state index in [9.17, 15) is 0 Å². The van der Waals surface area contributed by atoms with Gasteiger partial charge in [-0.25, -0.2) is 9.97 Å². The van der Waals surface area contributed by atoms with Crippen LogP contribution in [0.3, 0.4) is 0 Å². The van der Waals surface area contributed by atoms with Gasteiger partial charge in [-0.3, -0.25) is 0 Å². The van der Waals surface area contributed by atoms with Gasteiger partial charge in [0.05, 0.1) is 4.47 Å². The van der Waals surface area contributed by atoms with Crippen LogP contribution < -0.4 is 5.32 Å². The van der Waals surface area contributed by atoms with E-state index in [1.54, 1.807) is 6.20 Å². The van der Waals surface area contributed by atoms with Gasteiger partial charge in [0.15, 0.2) is 5.16 Å². The molecule has 1 aromatic heterocycles. The first-order valence-electron chi connectivity index (χ1n) is 4.78. The highest BCUT2D eigenvalue weighted by molar-refractivity contribution is 9.10. The highest BCUT2D eigenvalue weighted by Gasteiger charge is 2.04. The zero-order valence-electron chi connectivity index (χ0n) is 8.95. The van der Waals surface area contributed by atoms with E-state index in [2.05, 4.69) is 47.1 Å². The molecule has 0 unspecified atom stereocenters. The molecule has 0 bridgehead atoms. The largest absolute Gasteiger partial charge is 0.339 e. The van der Waals surface area contributed by atoms with E-state index in [1.807, 2.05) is 30.5 Å². The van der Waals surface area contributed by atoms with Crippen molar-refractivity contribution in [2.45, 2.75) is 5.16 Å². The van der Waals surface area contributed by atoms with Crippen LogP contribution in [0.1, 0.15) is 0 Å². The van der Waals surface area contributed by atoms with Crippen molar-refractivity contribution in [3.05, 3.63) is 39.4 Å². The van der Waals surface area contributed by atoms with Gasteiger partial charge in [0.1, 0.15) is 5.82 Å². The summed E-state index contributed by atoms with van der Waals surface area (Å²) >= 11 is 8.34. The zero-order valence-corrected chi connectivity index (χ0v) is 12.9. The first kappa shape index (κ1) is 12.9. The van der Waals surface area contributed by atoms with Crippen molar-refractivity contribution < 1.29 is 0 Å². The minimum absolute atomic E-state index is 0.743. The molecule has 1 heterocycles. The van der Waals surface area contributed by atoms with E-state index in [4.69, 9.17) is 0 Å². The molecule has 2 rings (SSSR count). The lowest BCUT2D eigenvalue weighted by Gasteiger charge is -2.08. The molecule has 0 aliphatic rings. The zero-order chi connectivity index (χ0) is 12.3. The minimum Gasteiger partial charge on any atom is -0.339 e. The molecule has 6 heteroatoms. The van der Waals surface area contributed by atoms with E-state index in [0.29, 0.717) is 0 Å². The van der Waals surface area contributed by atoms with Crippen LogP contribution in [0.4, 0.5) is 11.5 Å². The molecule has 0 fully saturated rings. The van der Waals surface area contributed by atoms with Crippen LogP contribution in [0.2, 0.25) is 0 Å². The summed E-state index contributed by atoms with van der Waals surface area (Å²) in [6.45, 7) is 0. The number of halogens is 2. The molecule has 0 saturated carbocycles. The molecular weight excluding hydrogens is 366 g/mol. The van der Waals surface area contributed by atoms with Crippen molar-refractivity contribution in [1.29, 1.82) is 0 Å². The first-order valence-corrected chi connectivity index (χ1v) is 7.59. The van der Waals surface area contributed by atoms with Crippen LogP contribution in [0.5, 0.6) is 0 Å². The molecule has 17 heavy (non-hydrogen) atoms. The van der Waals surface area contributed by atoms with Gasteiger partial charge in [-0.2, -0.15) is 0 Å². The van der Waals surface area contributed by atoms with Crippen molar-refractivity contribution in [3.8, 4) is 0 Å². The third-order valence-electron chi connectivity index (χ3n) is 2.01. The summed E-state index contributed by atoms with van der Waals surface area (Å²) in [6, 6.07) is 7.93. The minimum atomic E-state index is 0.743. The molecule has 0 saturated heterocycles. The number of benzene rings is 1. The van der Waals surface area contributed by atoms with Gasteiger partial charge in [-0.05, 0) is 46.5 Å². The summed E-state index contributed by atoms with van der Waals surface area (Å²) in [6.07, 6.45) is 3.70. The number of rotatable bonds is 3. The lowest BCUT2D eigenvalue weighted by molar-refractivity contribution is 0.967. The molecule has 3 nitrogen and oxygen atoms in total. The Kier molecular flexibility index (Phi) is 4.42. The van der Waals surface area contributed by atoms with Crippen LogP contribution in [-0.4, -0.2) is 16.2 Å². The molecule has 0 radical (unpaired) electrons. The Morgan fingerprint density at radius 1 is 1.18 bits per heavy atom. The van der Waals surface area contributed by atoms with Crippen molar-refractivity contribution in [1.82, 2.24) is 9.97 Å². The lowest BCUT2D eigenvalue weighted by atomic mass is 10.3. The fraction of sp³-hybridized carbons (Fsp3) is 0.0909. The number of anilines is 2. The second-order valence-corrected chi connectivity index (χ2v) is 5.73. The van der Waals surface area contributed by atoms with Crippen molar-refractivity contribution in [3.63, 3.8) is 0 Å². The Morgan fingerprint density at radius 3 is 2.53 bits per heavy atom. The van der Waals surface area contributed by atoms with Crippen molar-refractivity contribution in [2.24, 2.45) is 0 Å². The molecule has 0 atom stereocenters. The van der Waals surface area contributed by atoms with Crippen LogP contribution in [0.25, 0.3) is 0 Å². The number of aromatic nitrogens is 2. The van der Waals surface area contributed by atoms with E-state index in [0.717, 1.165) is 25.6 Å². The number of thioether (sulfide) groups is 1. The van der Waals surface area contributed by atoms with Gasteiger partial charge in [0.25, 0.3) is 0 Å². The topological polar surface area (TPSA) is 37.8 Å². The summed E-state index contributed by atoms with van der Waals surface area (Å²) in [5.41, 5.74) is 0.986. The Bertz CT molecular complexity index is 517. The van der Waals surface area contributed by atoms with Crippen molar-refractivity contribution >= 4 is 55.1 Å². The maximum atomic E-state index is 4.39. The van der Waals surface area contributed by atoms with Crippen LogP contribution >= 0.6 is 43.6 Å². The Labute approximate surface area is 121 Å². The molecule has 0 aliphatic carbocycles. The average molecular weight is 375 g/mol. The highest BCUT2D eigenvalue weighted by Crippen LogP contribution is 2.25. The smallest absolute Gasteiger partial charge is 0.189 e. The number of nitrogens with zero attached hydrogens (tertiary/aromatic N) is 2. The van der Waals surface area contributed by atoms with Crippen molar-refractivity contribution in [2.75, 3.05) is 11.6 Å². The maximum absolute atomic E-state index is 4.39. The van der Waals surface area contributed by atoms with Crippen LogP contribution in [-0.2, 0) is 0 Å².